The van der Waals surface area contributed by atoms with Gasteiger partial charge in [0.1, 0.15) is 19.3 Å². The average Bonchev–Trinajstić information content (AvgIpc) is 0.919. The summed E-state index contributed by atoms with van der Waals surface area (Å²) in [7, 11) is -9.92. The van der Waals surface area contributed by atoms with Crippen molar-refractivity contribution in [1.82, 2.24) is 0 Å². The van der Waals surface area contributed by atoms with Crippen LogP contribution in [0.4, 0.5) is 0 Å². The molecule has 0 saturated carbocycles. The molecule has 0 aliphatic rings. The Balaban J connectivity index is 5.23. The number of carbonyl (C=O) groups excluding carboxylic acids is 4. The van der Waals surface area contributed by atoms with E-state index in [0.29, 0.717) is 25.7 Å². The Bertz CT molecular complexity index is 1930. The van der Waals surface area contributed by atoms with Crippen LogP contribution in [0.1, 0.15) is 439 Å². The normalized spacial score (nSPS) is 13.8. The molecule has 3 N–H and O–H groups in total. The number of ether oxygens (including phenoxy) is 4. The molecule has 0 aliphatic carbocycles. The minimum Gasteiger partial charge on any atom is -0.462 e. The molecule has 0 bridgehead atoms. The van der Waals surface area contributed by atoms with Gasteiger partial charge in [-0.3, -0.25) is 37.3 Å². The number of unbranched alkanes of at least 4 members (excludes halogenated alkanes) is 54. The van der Waals surface area contributed by atoms with Gasteiger partial charge in [-0.2, -0.15) is 0 Å². The van der Waals surface area contributed by atoms with Crippen LogP contribution in [0.25, 0.3) is 0 Å². The lowest BCUT2D eigenvalue weighted by molar-refractivity contribution is -0.161. The van der Waals surface area contributed by atoms with E-state index in [2.05, 4.69) is 34.6 Å². The summed E-state index contributed by atoms with van der Waals surface area (Å²) in [4.78, 5) is 73.1. The summed E-state index contributed by atoms with van der Waals surface area (Å²) in [5, 5.41) is 10.6. The van der Waals surface area contributed by atoms with Crippen molar-refractivity contribution in [3.63, 3.8) is 0 Å². The highest BCUT2D eigenvalue weighted by molar-refractivity contribution is 7.47. The lowest BCUT2D eigenvalue weighted by atomic mass is 10.0. The lowest BCUT2D eigenvalue weighted by Gasteiger charge is -2.21. The second-order valence-corrected chi connectivity index (χ2v) is 32.9. The number of hydrogen-bond donors (Lipinski definition) is 3. The van der Waals surface area contributed by atoms with Crippen molar-refractivity contribution in [3.05, 3.63) is 0 Å². The summed E-state index contributed by atoms with van der Waals surface area (Å²) in [5.41, 5.74) is 0. The second-order valence-electron chi connectivity index (χ2n) is 30.0. The highest BCUT2D eigenvalue weighted by Crippen LogP contribution is 2.45. The fourth-order valence-corrected chi connectivity index (χ4v) is 14.3. The number of aliphatic hydroxyl groups is 1. The highest BCUT2D eigenvalue weighted by Gasteiger charge is 2.30. The summed E-state index contributed by atoms with van der Waals surface area (Å²) < 4.78 is 68.8. The Kier molecular flexibility index (Phi) is 73.5. The summed E-state index contributed by atoms with van der Waals surface area (Å²) >= 11 is 0. The molecule has 0 aromatic carbocycles. The number of phosphoric acid groups is 2. The van der Waals surface area contributed by atoms with Crippen LogP contribution >= 0.6 is 15.6 Å². The van der Waals surface area contributed by atoms with Gasteiger partial charge < -0.3 is 33.8 Å². The van der Waals surface area contributed by atoms with Gasteiger partial charge >= 0.3 is 39.5 Å². The molecule has 0 fully saturated rings. The van der Waals surface area contributed by atoms with E-state index in [1.165, 1.54) is 263 Å². The molecule has 5 atom stereocenters. The SMILES string of the molecule is CCCCCCCCCCCCCCCCCCCCCCCC(=O)O[C@H](COC(=O)CCCCCCCCCCCCCC(C)C)COP(=O)(O)OC[C@@H](O)COP(=O)(O)OC[C@@H](COC(=O)CCCCCCCCCCCCCCC)OC(=O)CCCCCCCCCCCCCCC. The van der Waals surface area contributed by atoms with Gasteiger partial charge in [-0.1, -0.05) is 388 Å². The number of hydrogen-bond acceptors (Lipinski definition) is 15. The van der Waals surface area contributed by atoms with E-state index in [0.717, 1.165) is 95.8 Å². The van der Waals surface area contributed by atoms with Gasteiger partial charge in [0.05, 0.1) is 26.4 Å². The predicted molar refractivity (Wildman–Crippen MR) is 414 cm³/mol. The molecule has 19 heteroatoms. The van der Waals surface area contributed by atoms with E-state index < -0.39 is 97.5 Å². The Morgan fingerprint density at radius 3 is 0.673 bits per heavy atom. The predicted octanol–water partition coefficient (Wildman–Crippen LogP) is 24.8. The Hall–Kier alpha value is -1.94. The van der Waals surface area contributed by atoms with Gasteiger partial charge in [0.2, 0.25) is 0 Å². The topological polar surface area (TPSA) is 237 Å². The Morgan fingerprint density at radius 2 is 0.455 bits per heavy atom. The van der Waals surface area contributed by atoms with Crippen LogP contribution in [0.15, 0.2) is 0 Å². The van der Waals surface area contributed by atoms with Crippen LogP contribution in [-0.4, -0.2) is 96.7 Å². The highest BCUT2D eigenvalue weighted by atomic mass is 31.2. The van der Waals surface area contributed by atoms with E-state index >= 15 is 0 Å². The van der Waals surface area contributed by atoms with Crippen molar-refractivity contribution in [1.29, 1.82) is 0 Å². The molecule has 17 nitrogen and oxygen atoms in total. The zero-order valence-corrected chi connectivity index (χ0v) is 67.8. The lowest BCUT2D eigenvalue weighted by Crippen LogP contribution is -2.30. The third-order valence-electron chi connectivity index (χ3n) is 19.3. The summed E-state index contributed by atoms with van der Waals surface area (Å²) in [5.74, 6) is -1.33. The fraction of sp³-hybridized carbons (Fsp3) is 0.951. The van der Waals surface area contributed by atoms with Crippen molar-refractivity contribution < 1.29 is 80.2 Å². The molecule has 2 unspecified atom stereocenters. The van der Waals surface area contributed by atoms with Gasteiger partial charge in [-0.15, -0.1) is 0 Å². The maximum atomic E-state index is 13.1. The van der Waals surface area contributed by atoms with Gasteiger partial charge in [0.15, 0.2) is 12.2 Å². The molecular formula is C82H160O17P2. The standard InChI is InChI=1S/C82H160O17P2/c1-6-9-12-15-18-21-24-27-28-29-30-31-32-33-34-37-42-48-53-58-63-68-82(87)99-78(72-93-80(85)66-61-56-51-46-43-38-39-44-49-54-59-64-75(4)5)74-97-101(90,91)95-70-76(83)69-94-100(88,89)96-73-77(98-81(86)67-62-57-52-47-41-36-26-23-20-17-14-11-8-3)71-92-79(84)65-60-55-50-45-40-35-25-22-19-16-13-10-7-2/h75-78,83H,6-74H2,1-5H3,(H,88,89)(H,90,91)/t76-,77+,78+/m0/s1. The molecule has 0 radical (unpaired) electrons. The summed E-state index contributed by atoms with van der Waals surface area (Å²) in [6, 6.07) is 0. The van der Waals surface area contributed by atoms with E-state index in [9.17, 15) is 43.2 Å². The molecular weight excluding hydrogens is 1320 g/mol. The van der Waals surface area contributed by atoms with Gasteiger partial charge in [-0.05, 0) is 31.6 Å². The van der Waals surface area contributed by atoms with Crippen molar-refractivity contribution in [2.24, 2.45) is 5.92 Å². The quantitative estimate of drug-likeness (QED) is 0.0222. The molecule has 600 valence electrons. The van der Waals surface area contributed by atoms with Crippen LogP contribution in [0.2, 0.25) is 0 Å². The number of esters is 4. The molecule has 0 rings (SSSR count). The number of carbonyl (C=O) groups is 4. The average molecular weight is 1480 g/mol. The van der Waals surface area contributed by atoms with Crippen molar-refractivity contribution in [2.45, 2.75) is 457 Å². The zero-order valence-electron chi connectivity index (χ0n) is 66.1. The molecule has 0 amide bonds. The van der Waals surface area contributed by atoms with E-state index in [1.807, 2.05) is 0 Å². The van der Waals surface area contributed by atoms with Gasteiger partial charge in [0, 0.05) is 25.7 Å². The van der Waals surface area contributed by atoms with Crippen LogP contribution in [0.3, 0.4) is 0 Å². The first-order valence-corrected chi connectivity index (χ1v) is 45.6. The second kappa shape index (κ2) is 74.9. The van der Waals surface area contributed by atoms with Crippen molar-refractivity contribution in [2.75, 3.05) is 39.6 Å². The first kappa shape index (κ1) is 99.1. The maximum absolute atomic E-state index is 13.1. The van der Waals surface area contributed by atoms with Crippen LogP contribution in [0.5, 0.6) is 0 Å². The molecule has 0 aromatic heterocycles. The van der Waals surface area contributed by atoms with Crippen LogP contribution in [0, 0.1) is 5.92 Å². The number of rotatable bonds is 82. The number of phosphoric ester groups is 2. The van der Waals surface area contributed by atoms with Crippen molar-refractivity contribution >= 4 is 39.5 Å². The molecule has 0 spiro atoms. The molecule has 101 heavy (non-hydrogen) atoms. The zero-order chi connectivity index (χ0) is 74.1. The molecule has 0 heterocycles. The first-order chi connectivity index (χ1) is 49.0. The smallest absolute Gasteiger partial charge is 0.462 e. The Labute approximate surface area is 619 Å². The monoisotopic (exact) mass is 1480 g/mol. The summed E-state index contributed by atoms with van der Waals surface area (Å²) in [6.07, 6.45) is 66.5. The van der Waals surface area contributed by atoms with Crippen LogP contribution in [-0.2, 0) is 65.4 Å². The molecule has 0 aromatic rings. The summed E-state index contributed by atoms with van der Waals surface area (Å²) in [6.45, 7) is 7.34. The van der Waals surface area contributed by atoms with Crippen LogP contribution < -0.4 is 0 Å². The molecule has 0 saturated heterocycles. The Morgan fingerprint density at radius 1 is 0.267 bits per heavy atom. The van der Waals surface area contributed by atoms with Gasteiger partial charge in [-0.25, -0.2) is 9.13 Å². The third-order valence-corrected chi connectivity index (χ3v) is 21.2. The minimum absolute atomic E-state index is 0.108. The van der Waals surface area contributed by atoms with Gasteiger partial charge in [0.25, 0.3) is 0 Å². The van der Waals surface area contributed by atoms with Crippen molar-refractivity contribution in [3.8, 4) is 0 Å². The van der Waals surface area contributed by atoms with E-state index in [-0.39, 0.29) is 25.7 Å². The fourth-order valence-electron chi connectivity index (χ4n) is 12.8. The number of aliphatic hydroxyl groups excluding tert-OH is 1. The maximum Gasteiger partial charge on any atom is 0.472 e. The minimum atomic E-state index is -4.96. The third kappa shape index (κ3) is 76.1. The molecule has 0 aliphatic heterocycles. The van der Waals surface area contributed by atoms with E-state index in [4.69, 9.17) is 37.0 Å². The van der Waals surface area contributed by atoms with E-state index in [1.54, 1.807) is 0 Å². The first-order valence-electron chi connectivity index (χ1n) is 42.6. The largest absolute Gasteiger partial charge is 0.472 e.